The van der Waals surface area contributed by atoms with Gasteiger partial charge in [-0.1, -0.05) is 6.92 Å². The van der Waals surface area contributed by atoms with Crippen LogP contribution in [-0.2, 0) is 0 Å². The number of thioether (sulfide) groups is 1. The van der Waals surface area contributed by atoms with E-state index in [9.17, 15) is 0 Å². The third-order valence-corrected chi connectivity index (χ3v) is 2.67. The van der Waals surface area contributed by atoms with Crippen molar-refractivity contribution in [1.82, 2.24) is 0 Å². The molecule has 1 aromatic rings. The molecular weight excluding hydrogens is 166 g/mol. The maximum absolute atomic E-state index is 8.55. The molecule has 0 aliphatic carbocycles. The highest BCUT2D eigenvalue weighted by Crippen LogP contribution is 2.18. The van der Waals surface area contributed by atoms with Gasteiger partial charge in [0.1, 0.15) is 0 Å². The summed E-state index contributed by atoms with van der Waals surface area (Å²) >= 11 is 1.83. The van der Waals surface area contributed by atoms with Gasteiger partial charge in [-0.3, -0.25) is 0 Å². The van der Waals surface area contributed by atoms with Crippen molar-refractivity contribution < 1.29 is 0 Å². The van der Waals surface area contributed by atoms with Crippen molar-refractivity contribution in [1.29, 1.82) is 5.26 Å². The van der Waals surface area contributed by atoms with E-state index in [4.69, 9.17) is 5.26 Å². The Balaban J connectivity index is 2.60. The fourth-order valence-electron chi connectivity index (χ4n) is 0.846. The molecule has 0 unspecified atom stereocenters. The summed E-state index contributed by atoms with van der Waals surface area (Å²) in [6.07, 6.45) is 1.19. The van der Waals surface area contributed by atoms with E-state index < -0.39 is 0 Å². The molecule has 0 fully saturated rings. The van der Waals surface area contributed by atoms with Crippen molar-refractivity contribution in [2.24, 2.45) is 0 Å². The van der Waals surface area contributed by atoms with Gasteiger partial charge in [-0.2, -0.15) is 5.26 Å². The van der Waals surface area contributed by atoms with E-state index in [0.29, 0.717) is 0 Å². The zero-order valence-corrected chi connectivity index (χ0v) is 7.90. The molecule has 1 rings (SSSR count). The molecule has 0 atom stereocenters. The third-order valence-electron chi connectivity index (χ3n) is 1.46. The molecule has 0 spiro atoms. The standard InChI is InChI=1S/C10H11NS/c1-2-7-12-10-5-3-9(8-11)4-6-10/h3-6H,2,7H2,1H3. The molecular formula is C10H11NS. The summed E-state index contributed by atoms with van der Waals surface area (Å²) in [5, 5.41) is 8.55. The molecule has 0 radical (unpaired) electrons. The monoisotopic (exact) mass is 177 g/mol. The Morgan fingerprint density at radius 3 is 2.50 bits per heavy atom. The average Bonchev–Trinajstić information content (AvgIpc) is 2.15. The third kappa shape index (κ3) is 2.60. The molecule has 12 heavy (non-hydrogen) atoms. The predicted octanol–water partition coefficient (Wildman–Crippen LogP) is 3.06. The van der Waals surface area contributed by atoms with E-state index in [1.165, 1.54) is 11.3 Å². The number of rotatable bonds is 3. The van der Waals surface area contributed by atoms with E-state index in [2.05, 4.69) is 13.0 Å². The minimum Gasteiger partial charge on any atom is -0.192 e. The Labute approximate surface area is 77.4 Å². The number of hydrogen-bond acceptors (Lipinski definition) is 2. The maximum Gasteiger partial charge on any atom is 0.0991 e. The van der Waals surface area contributed by atoms with E-state index in [0.717, 1.165) is 11.3 Å². The van der Waals surface area contributed by atoms with Crippen LogP contribution in [0, 0.1) is 11.3 Å². The zero-order valence-electron chi connectivity index (χ0n) is 7.08. The van der Waals surface area contributed by atoms with Crippen molar-refractivity contribution >= 4 is 11.8 Å². The summed E-state index contributed by atoms with van der Waals surface area (Å²) in [6.45, 7) is 2.16. The maximum atomic E-state index is 8.55. The first-order valence-electron chi connectivity index (χ1n) is 3.99. The van der Waals surface area contributed by atoms with Crippen LogP contribution in [0.4, 0.5) is 0 Å². The summed E-state index contributed by atoms with van der Waals surface area (Å²) in [6, 6.07) is 9.82. The lowest BCUT2D eigenvalue weighted by atomic mass is 10.2. The quantitative estimate of drug-likeness (QED) is 0.662. The molecule has 0 aromatic heterocycles. The normalized spacial score (nSPS) is 9.33. The van der Waals surface area contributed by atoms with Gasteiger partial charge in [-0.25, -0.2) is 0 Å². The lowest BCUT2D eigenvalue weighted by molar-refractivity contribution is 1.10. The summed E-state index contributed by atoms with van der Waals surface area (Å²) in [5.41, 5.74) is 0.732. The van der Waals surface area contributed by atoms with Gasteiger partial charge in [0, 0.05) is 4.90 Å². The first-order valence-corrected chi connectivity index (χ1v) is 4.98. The van der Waals surface area contributed by atoms with Gasteiger partial charge in [0.05, 0.1) is 11.6 Å². The minimum absolute atomic E-state index is 0.732. The molecule has 0 aliphatic heterocycles. The number of nitrogens with zero attached hydrogens (tertiary/aromatic N) is 1. The van der Waals surface area contributed by atoms with Crippen molar-refractivity contribution in [3.63, 3.8) is 0 Å². The SMILES string of the molecule is CCCSc1ccc(C#N)cc1. The number of benzene rings is 1. The molecule has 1 nitrogen and oxygen atoms in total. The van der Waals surface area contributed by atoms with Gasteiger partial charge in [-0.15, -0.1) is 11.8 Å². The fraction of sp³-hybridized carbons (Fsp3) is 0.300. The van der Waals surface area contributed by atoms with Crippen LogP contribution in [0.1, 0.15) is 18.9 Å². The molecule has 2 heteroatoms. The van der Waals surface area contributed by atoms with Crippen molar-refractivity contribution in [3.8, 4) is 6.07 Å². The van der Waals surface area contributed by atoms with Crippen LogP contribution < -0.4 is 0 Å². The number of nitriles is 1. The van der Waals surface area contributed by atoms with Gasteiger partial charge >= 0.3 is 0 Å². The van der Waals surface area contributed by atoms with E-state index in [1.54, 1.807) is 0 Å². The van der Waals surface area contributed by atoms with Gasteiger partial charge in [0.25, 0.3) is 0 Å². The topological polar surface area (TPSA) is 23.8 Å². The van der Waals surface area contributed by atoms with Crippen LogP contribution in [0.25, 0.3) is 0 Å². The van der Waals surface area contributed by atoms with Crippen LogP contribution in [-0.4, -0.2) is 5.75 Å². The molecule has 0 bridgehead atoms. The first kappa shape index (κ1) is 9.15. The molecule has 62 valence electrons. The molecule has 0 N–H and O–H groups in total. The van der Waals surface area contributed by atoms with Gasteiger partial charge in [-0.05, 0) is 36.4 Å². The Kier molecular flexibility index (Phi) is 3.69. The molecule has 0 amide bonds. The molecule has 0 aliphatic rings. The lowest BCUT2D eigenvalue weighted by Crippen LogP contribution is -1.77. The highest BCUT2D eigenvalue weighted by molar-refractivity contribution is 7.99. The largest absolute Gasteiger partial charge is 0.192 e. The van der Waals surface area contributed by atoms with E-state index in [1.807, 2.05) is 36.0 Å². The van der Waals surface area contributed by atoms with Gasteiger partial charge < -0.3 is 0 Å². The van der Waals surface area contributed by atoms with Crippen molar-refractivity contribution in [2.75, 3.05) is 5.75 Å². The van der Waals surface area contributed by atoms with Gasteiger partial charge in [0.2, 0.25) is 0 Å². The Bertz CT molecular complexity index is 271. The highest BCUT2D eigenvalue weighted by Gasteiger charge is 1.92. The van der Waals surface area contributed by atoms with Crippen LogP contribution >= 0.6 is 11.8 Å². The van der Waals surface area contributed by atoms with Crippen LogP contribution in [0.5, 0.6) is 0 Å². The fourth-order valence-corrected chi connectivity index (χ4v) is 1.61. The minimum atomic E-state index is 0.732. The van der Waals surface area contributed by atoms with E-state index >= 15 is 0 Å². The smallest absolute Gasteiger partial charge is 0.0991 e. The molecule has 0 heterocycles. The molecule has 0 saturated heterocycles. The predicted molar refractivity (Wildman–Crippen MR) is 52.2 cm³/mol. The van der Waals surface area contributed by atoms with Gasteiger partial charge in [0.15, 0.2) is 0 Å². The molecule has 0 saturated carbocycles. The number of hydrogen-bond donors (Lipinski definition) is 0. The second-order valence-corrected chi connectivity index (χ2v) is 3.65. The second-order valence-electron chi connectivity index (χ2n) is 2.48. The summed E-state index contributed by atoms with van der Waals surface area (Å²) in [5.74, 6) is 1.14. The van der Waals surface area contributed by atoms with Crippen LogP contribution in [0.3, 0.4) is 0 Å². The summed E-state index contributed by atoms with van der Waals surface area (Å²) < 4.78 is 0. The van der Waals surface area contributed by atoms with Crippen LogP contribution in [0.15, 0.2) is 29.2 Å². The second kappa shape index (κ2) is 4.84. The zero-order chi connectivity index (χ0) is 8.81. The van der Waals surface area contributed by atoms with Crippen molar-refractivity contribution in [3.05, 3.63) is 29.8 Å². The van der Waals surface area contributed by atoms with Crippen molar-refractivity contribution in [2.45, 2.75) is 18.2 Å². The highest BCUT2D eigenvalue weighted by atomic mass is 32.2. The van der Waals surface area contributed by atoms with E-state index in [-0.39, 0.29) is 0 Å². The Morgan fingerprint density at radius 1 is 1.33 bits per heavy atom. The Morgan fingerprint density at radius 2 is 2.00 bits per heavy atom. The van der Waals surface area contributed by atoms with Crippen LogP contribution in [0.2, 0.25) is 0 Å². The first-order chi connectivity index (χ1) is 5.86. The average molecular weight is 177 g/mol. The summed E-state index contributed by atoms with van der Waals surface area (Å²) in [7, 11) is 0. The molecule has 1 aromatic carbocycles. The summed E-state index contributed by atoms with van der Waals surface area (Å²) in [4.78, 5) is 1.25. The Hall–Kier alpha value is -0.940. The lowest BCUT2D eigenvalue weighted by Gasteiger charge is -1.97.